The van der Waals surface area contributed by atoms with Gasteiger partial charge in [-0.1, -0.05) is 12.1 Å². The summed E-state index contributed by atoms with van der Waals surface area (Å²) in [7, 11) is 0. The van der Waals surface area contributed by atoms with E-state index in [9.17, 15) is 4.79 Å². The molecule has 5 heteroatoms. The van der Waals surface area contributed by atoms with Gasteiger partial charge >= 0.3 is 0 Å². The van der Waals surface area contributed by atoms with E-state index in [-0.39, 0.29) is 30.3 Å². The van der Waals surface area contributed by atoms with Crippen molar-refractivity contribution in [2.24, 2.45) is 0 Å². The molecule has 1 aromatic carbocycles. The van der Waals surface area contributed by atoms with Crippen LogP contribution in [0.3, 0.4) is 0 Å². The molecule has 0 fully saturated rings. The zero-order chi connectivity index (χ0) is 14.8. The second-order valence-corrected chi connectivity index (χ2v) is 6.63. The monoisotopic (exact) mass is 336 g/mol. The third-order valence-electron chi connectivity index (χ3n) is 4.16. The highest BCUT2D eigenvalue weighted by Crippen LogP contribution is 2.32. The molecule has 1 heterocycles. The van der Waals surface area contributed by atoms with E-state index in [1.807, 2.05) is 36.6 Å². The fourth-order valence-corrected chi connectivity index (χ4v) is 3.73. The third kappa shape index (κ3) is 3.45. The highest BCUT2D eigenvalue weighted by atomic mass is 35.5. The number of nitrogens with one attached hydrogen (secondary N) is 1. The molecule has 3 N–H and O–H groups in total. The van der Waals surface area contributed by atoms with Gasteiger partial charge in [0.15, 0.2) is 0 Å². The largest absolute Gasteiger partial charge is 0.399 e. The molecule has 22 heavy (non-hydrogen) atoms. The minimum atomic E-state index is -0.0934. The van der Waals surface area contributed by atoms with Crippen LogP contribution in [0.2, 0.25) is 0 Å². The molecule has 0 radical (unpaired) electrons. The average Bonchev–Trinajstić information content (AvgIpc) is 3.00. The van der Waals surface area contributed by atoms with Gasteiger partial charge in [0.05, 0.1) is 12.0 Å². The highest BCUT2D eigenvalue weighted by molar-refractivity contribution is 7.10. The molecule has 2 aromatic rings. The Morgan fingerprint density at radius 1 is 1.41 bits per heavy atom. The first-order valence-corrected chi connectivity index (χ1v) is 8.25. The van der Waals surface area contributed by atoms with Gasteiger partial charge in [0, 0.05) is 10.6 Å². The Morgan fingerprint density at radius 3 is 2.95 bits per heavy atom. The van der Waals surface area contributed by atoms with Crippen molar-refractivity contribution in [1.29, 1.82) is 0 Å². The van der Waals surface area contributed by atoms with Crippen LogP contribution >= 0.6 is 23.7 Å². The molecule has 1 amide bonds. The molecular formula is C17H21ClN2OS. The number of hydrogen-bond acceptors (Lipinski definition) is 3. The molecule has 0 bridgehead atoms. The molecule has 3 rings (SSSR count). The number of carbonyl (C=O) groups excluding carboxylic acids is 1. The second-order valence-electron chi connectivity index (χ2n) is 5.65. The van der Waals surface area contributed by atoms with E-state index >= 15 is 0 Å². The lowest BCUT2D eigenvalue weighted by molar-refractivity contribution is -0.123. The number of nitrogens with two attached hydrogens (primary N) is 1. The summed E-state index contributed by atoms with van der Waals surface area (Å²) in [5.74, 6) is 0.0104. The van der Waals surface area contributed by atoms with E-state index in [0.29, 0.717) is 0 Å². The molecule has 1 aromatic heterocycles. The van der Waals surface area contributed by atoms with Crippen LogP contribution in [0.15, 0.2) is 35.7 Å². The Balaban J connectivity index is 0.00000176. The lowest BCUT2D eigenvalue weighted by Crippen LogP contribution is -2.33. The van der Waals surface area contributed by atoms with E-state index in [1.165, 1.54) is 11.1 Å². The number of benzene rings is 1. The maximum atomic E-state index is 12.5. The second kappa shape index (κ2) is 7.16. The van der Waals surface area contributed by atoms with Crippen molar-refractivity contribution in [2.45, 2.75) is 38.1 Å². The number of rotatable bonds is 3. The highest BCUT2D eigenvalue weighted by Gasteiger charge is 2.24. The van der Waals surface area contributed by atoms with Gasteiger partial charge in [-0.3, -0.25) is 4.79 Å². The summed E-state index contributed by atoms with van der Waals surface area (Å²) in [5.41, 5.74) is 9.15. The number of halogens is 1. The van der Waals surface area contributed by atoms with Crippen LogP contribution in [0, 0.1) is 0 Å². The summed E-state index contributed by atoms with van der Waals surface area (Å²) in [6.45, 7) is 1.97. The molecule has 3 nitrogen and oxygen atoms in total. The molecule has 0 saturated carbocycles. The normalized spacial score (nSPS) is 18.0. The fourth-order valence-electron chi connectivity index (χ4n) is 2.95. The first-order valence-electron chi connectivity index (χ1n) is 7.37. The molecule has 118 valence electrons. The predicted molar refractivity (Wildman–Crippen MR) is 94.7 cm³/mol. The van der Waals surface area contributed by atoms with Crippen LogP contribution < -0.4 is 11.1 Å². The smallest absolute Gasteiger partial charge is 0.228 e. The SMILES string of the molecule is CC(C(=O)NC1CCCc2cc(N)ccc21)c1cccs1.Cl. The van der Waals surface area contributed by atoms with Crippen molar-refractivity contribution in [2.75, 3.05) is 5.73 Å². The number of hydrogen-bond donors (Lipinski definition) is 2. The van der Waals surface area contributed by atoms with Crippen molar-refractivity contribution in [3.8, 4) is 0 Å². The molecule has 2 unspecified atom stereocenters. The summed E-state index contributed by atoms with van der Waals surface area (Å²) in [6, 6.07) is 10.1. The standard InChI is InChI=1S/C17H20N2OS.ClH/c1-11(16-6-3-9-21-16)17(20)19-15-5-2-4-12-10-13(18)7-8-14(12)15;/h3,6-11,15H,2,4-5,18H2,1H3,(H,19,20);1H. The Morgan fingerprint density at radius 2 is 2.23 bits per heavy atom. The Kier molecular flexibility index (Phi) is 5.48. The summed E-state index contributed by atoms with van der Waals surface area (Å²) < 4.78 is 0. The first-order chi connectivity index (χ1) is 10.1. The van der Waals surface area contributed by atoms with Gasteiger partial charge in [0.25, 0.3) is 0 Å². The zero-order valence-electron chi connectivity index (χ0n) is 12.5. The summed E-state index contributed by atoms with van der Waals surface area (Å²) in [4.78, 5) is 13.6. The van der Waals surface area contributed by atoms with E-state index in [0.717, 1.165) is 29.8 Å². The third-order valence-corrected chi connectivity index (χ3v) is 5.22. The van der Waals surface area contributed by atoms with Gasteiger partial charge in [-0.15, -0.1) is 23.7 Å². The lowest BCUT2D eigenvalue weighted by Gasteiger charge is -2.27. The number of amides is 1. The molecule has 0 spiro atoms. The van der Waals surface area contributed by atoms with Crippen LogP contribution in [0.25, 0.3) is 0 Å². The van der Waals surface area contributed by atoms with E-state index in [4.69, 9.17) is 5.73 Å². The maximum absolute atomic E-state index is 12.5. The zero-order valence-corrected chi connectivity index (χ0v) is 14.2. The minimum absolute atomic E-state index is 0. The predicted octanol–water partition coefficient (Wildman–Crippen LogP) is 4.05. The number of thiophene rings is 1. The average molecular weight is 337 g/mol. The Labute approximate surface area is 141 Å². The van der Waals surface area contributed by atoms with E-state index in [2.05, 4.69) is 11.4 Å². The fraction of sp³-hybridized carbons (Fsp3) is 0.353. The van der Waals surface area contributed by atoms with Gasteiger partial charge in [0.2, 0.25) is 5.91 Å². The van der Waals surface area contributed by atoms with Crippen LogP contribution in [0.5, 0.6) is 0 Å². The van der Waals surface area contributed by atoms with Crippen LogP contribution in [0.4, 0.5) is 5.69 Å². The van der Waals surface area contributed by atoms with Crippen molar-refractivity contribution < 1.29 is 4.79 Å². The van der Waals surface area contributed by atoms with E-state index < -0.39 is 0 Å². The summed E-state index contributed by atoms with van der Waals surface area (Å²) in [5, 5.41) is 5.22. The summed E-state index contributed by atoms with van der Waals surface area (Å²) in [6.07, 6.45) is 3.14. The van der Waals surface area contributed by atoms with Gasteiger partial charge in [-0.25, -0.2) is 0 Å². The van der Waals surface area contributed by atoms with Crippen LogP contribution in [-0.2, 0) is 11.2 Å². The number of fused-ring (bicyclic) bond motifs is 1. The number of aryl methyl sites for hydroxylation is 1. The summed E-state index contributed by atoms with van der Waals surface area (Å²) >= 11 is 1.63. The molecule has 1 aliphatic rings. The molecule has 0 saturated heterocycles. The number of nitrogen functional groups attached to an aromatic ring is 1. The van der Waals surface area contributed by atoms with Crippen molar-refractivity contribution in [3.63, 3.8) is 0 Å². The molecule has 2 atom stereocenters. The number of anilines is 1. The number of carbonyl (C=O) groups is 1. The molecule has 0 aliphatic heterocycles. The maximum Gasteiger partial charge on any atom is 0.228 e. The minimum Gasteiger partial charge on any atom is -0.399 e. The van der Waals surface area contributed by atoms with Crippen LogP contribution in [-0.4, -0.2) is 5.91 Å². The van der Waals surface area contributed by atoms with Gasteiger partial charge in [0.1, 0.15) is 0 Å². The Bertz CT molecular complexity index is 642. The first kappa shape index (κ1) is 16.8. The van der Waals surface area contributed by atoms with Crippen molar-refractivity contribution in [3.05, 3.63) is 51.7 Å². The Hall–Kier alpha value is -1.52. The van der Waals surface area contributed by atoms with Crippen molar-refractivity contribution >= 4 is 35.3 Å². The van der Waals surface area contributed by atoms with Gasteiger partial charge in [-0.05, 0) is 60.9 Å². The van der Waals surface area contributed by atoms with Crippen molar-refractivity contribution in [1.82, 2.24) is 5.32 Å². The molecule has 1 aliphatic carbocycles. The van der Waals surface area contributed by atoms with Gasteiger partial charge < -0.3 is 11.1 Å². The van der Waals surface area contributed by atoms with Gasteiger partial charge in [-0.2, -0.15) is 0 Å². The topological polar surface area (TPSA) is 55.1 Å². The van der Waals surface area contributed by atoms with E-state index in [1.54, 1.807) is 11.3 Å². The van der Waals surface area contributed by atoms with Crippen LogP contribution in [0.1, 0.15) is 47.7 Å². The lowest BCUT2D eigenvalue weighted by atomic mass is 9.87. The quantitative estimate of drug-likeness (QED) is 0.831. The molecular weight excluding hydrogens is 316 g/mol.